The zero-order valence-electron chi connectivity index (χ0n) is 21.0. The first kappa shape index (κ1) is 29.0. The fourth-order valence-electron chi connectivity index (χ4n) is 3.36. The van der Waals surface area contributed by atoms with Crippen LogP contribution in [0.4, 0.5) is 0 Å². The molecule has 3 atom stereocenters. The summed E-state index contributed by atoms with van der Waals surface area (Å²) in [4.78, 5) is 49.9. The monoisotopic (exact) mass is 547 g/mol. The Morgan fingerprint density at radius 2 is 2.00 bits per heavy atom. The molecule has 0 saturated carbocycles. The molecule has 0 aliphatic carbocycles. The second-order valence-electron chi connectivity index (χ2n) is 7.88. The summed E-state index contributed by atoms with van der Waals surface area (Å²) in [7, 11) is -0.397. The summed E-state index contributed by atoms with van der Waals surface area (Å²) in [5.74, 6) is -0.394. The molecule has 0 radical (unpaired) electrons. The number of aromatic nitrogens is 2. The Balaban J connectivity index is 1.61. The van der Waals surface area contributed by atoms with E-state index in [0.717, 1.165) is 0 Å². The molecule has 1 aromatic carbocycles. The number of para-hydroxylation sites is 1. The van der Waals surface area contributed by atoms with Crippen molar-refractivity contribution in [2.75, 3.05) is 26.9 Å². The lowest BCUT2D eigenvalue weighted by molar-refractivity contribution is -0.139. The lowest BCUT2D eigenvalue weighted by atomic mass is 10.2. The Morgan fingerprint density at radius 1 is 1.21 bits per heavy atom. The second-order valence-corrected chi connectivity index (χ2v) is 9.15. The molecular formula is C25H30N3O9P. The van der Waals surface area contributed by atoms with Gasteiger partial charge in [0.05, 0.1) is 32.0 Å². The summed E-state index contributed by atoms with van der Waals surface area (Å²) in [5, 5.41) is 2.90. The summed E-state index contributed by atoms with van der Waals surface area (Å²) in [6.45, 7) is 2.01. The molecule has 12 nitrogen and oxygen atoms in total. The van der Waals surface area contributed by atoms with E-state index in [9.17, 15) is 19.2 Å². The molecule has 0 spiro atoms. The molecule has 38 heavy (non-hydrogen) atoms. The predicted octanol–water partition coefficient (Wildman–Crippen LogP) is 2.43. The van der Waals surface area contributed by atoms with Crippen LogP contribution < -0.4 is 20.9 Å². The van der Waals surface area contributed by atoms with Gasteiger partial charge in [-0.25, -0.2) is 14.7 Å². The van der Waals surface area contributed by atoms with E-state index in [-0.39, 0.29) is 31.4 Å². The summed E-state index contributed by atoms with van der Waals surface area (Å²) < 4.78 is 28.5. The quantitative estimate of drug-likeness (QED) is 0.166. The number of allylic oxidation sites excluding steroid dienone is 2. The van der Waals surface area contributed by atoms with E-state index >= 15 is 0 Å². The van der Waals surface area contributed by atoms with Gasteiger partial charge in [-0.2, -0.15) is 0 Å². The molecule has 1 aromatic heterocycles. The third-order valence-corrected chi connectivity index (χ3v) is 6.36. The Bertz CT molecular complexity index is 1240. The van der Waals surface area contributed by atoms with Gasteiger partial charge < -0.3 is 23.3 Å². The van der Waals surface area contributed by atoms with E-state index < -0.39 is 37.9 Å². The summed E-state index contributed by atoms with van der Waals surface area (Å²) in [6.07, 6.45) is 7.19. The van der Waals surface area contributed by atoms with E-state index in [1.165, 1.54) is 42.2 Å². The van der Waals surface area contributed by atoms with Gasteiger partial charge in [0.15, 0.2) is 0 Å². The lowest BCUT2D eigenvalue weighted by Crippen LogP contribution is -2.33. The van der Waals surface area contributed by atoms with Crippen molar-refractivity contribution in [3.8, 4) is 5.75 Å². The van der Waals surface area contributed by atoms with Crippen LogP contribution in [0, 0.1) is 0 Å². The Hall–Kier alpha value is -3.57. The van der Waals surface area contributed by atoms with Crippen LogP contribution in [-0.2, 0) is 28.3 Å². The maximum Gasteiger partial charge on any atom is 0.330 e. The van der Waals surface area contributed by atoms with Gasteiger partial charge in [0, 0.05) is 12.3 Å². The van der Waals surface area contributed by atoms with Gasteiger partial charge in [-0.05, 0) is 38.0 Å². The first-order valence-electron chi connectivity index (χ1n) is 11.9. The number of carbonyl (C=O) groups excluding carboxylic acids is 2. The van der Waals surface area contributed by atoms with E-state index in [4.69, 9.17) is 18.5 Å². The van der Waals surface area contributed by atoms with Crippen LogP contribution in [0.15, 0.2) is 64.3 Å². The third kappa shape index (κ3) is 9.07. The summed E-state index contributed by atoms with van der Waals surface area (Å²) >= 11 is 0. The molecule has 204 valence electrons. The molecule has 1 fully saturated rings. The Kier molecular flexibility index (Phi) is 11.4. The van der Waals surface area contributed by atoms with Crippen LogP contribution in [-0.4, -0.2) is 54.5 Å². The van der Waals surface area contributed by atoms with Crippen LogP contribution in [0.25, 0.3) is 6.08 Å². The van der Waals surface area contributed by atoms with E-state index in [0.29, 0.717) is 18.6 Å². The molecule has 1 aliphatic heterocycles. The van der Waals surface area contributed by atoms with Crippen molar-refractivity contribution in [3.63, 3.8) is 0 Å². The lowest BCUT2D eigenvalue weighted by Gasteiger charge is -2.21. The highest BCUT2D eigenvalue weighted by Gasteiger charge is 2.29. The van der Waals surface area contributed by atoms with Gasteiger partial charge in [0.1, 0.15) is 18.5 Å². The van der Waals surface area contributed by atoms with Gasteiger partial charge in [-0.1, -0.05) is 30.4 Å². The SMILES string of the molecule is CCOC(=O)/C=C/C=C/c1cn(C2CCC(COP(NCC(=O)OC)Oc3ccccc3)O2)c(=O)[nH]c1=O. The number of ether oxygens (including phenoxy) is 3. The van der Waals surface area contributed by atoms with Crippen molar-refractivity contribution >= 4 is 26.5 Å². The zero-order chi connectivity index (χ0) is 27.3. The predicted molar refractivity (Wildman–Crippen MR) is 139 cm³/mol. The highest BCUT2D eigenvalue weighted by molar-refractivity contribution is 7.45. The number of nitrogens with one attached hydrogen (secondary N) is 2. The van der Waals surface area contributed by atoms with Crippen LogP contribution in [0.2, 0.25) is 0 Å². The topological polar surface area (TPSA) is 147 Å². The first-order chi connectivity index (χ1) is 18.4. The average Bonchev–Trinajstić information content (AvgIpc) is 3.38. The Morgan fingerprint density at radius 3 is 2.74 bits per heavy atom. The van der Waals surface area contributed by atoms with E-state index in [2.05, 4.69) is 14.8 Å². The van der Waals surface area contributed by atoms with Crippen molar-refractivity contribution in [2.24, 2.45) is 0 Å². The standard InChI is InChI=1S/C25H30N3O9P/c1-3-34-22(29)12-8-7-9-18-16-28(25(32)27-24(18)31)21-14-13-20(36-21)17-35-38(26-15-23(30)33-2)37-19-10-5-4-6-11-19/h4-12,16,20-21,26H,3,13-15,17H2,1-2H3,(H,27,31,32)/b9-7+,12-8+. The van der Waals surface area contributed by atoms with Gasteiger partial charge in [0.25, 0.3) is 5.56 Å². The van der Waals surface area contributed by atoms with Crippen molar-refractivity contribution in [3.05, 3.63) is 81.2 Å². The minimum absolute atomic E-state index is 0.0960. The van der Waals surface area contributed by atoms with E-state index in [1.807, 2.05) is 18.2 Å². The van der Waals surface area contributed by atoms with Gasteiger partial charge in [-0.15, -0.1) is 0 Å². The molecule has 3 unspecified atom stereocenters. The van der Waals surface area contributed by atoms with Crippen LogP contribution >= 0.6 is 8.53 Å². The molecule has 0 amide bonds. The number of benzene rings is 1. The number of hydrogen-bond acceptors (Lipinski definition) is 10. The molecule has 3 rings (SSSR count). The summed E-state index contributed by atoms with van der Waals surface area (Å²) in [5.41, 5.74) is -0.950. The molecule has 2 N–H and O–H groups in total. The second kappa shape index (κ2) is 15.0. The van der Waals surface area contributed by atoms with Gasteiger partial charge >= 0.3 is 26.2 Å². The maximum atomic E-state index is 12.5. The number of aromatic amines is 1. The Labute approximate surface area is 220 Å². The number of nitrogens with zero attached hydrogens (tertiary/aromatic N) is 1. The molecule has 0 bridgehead atoms. The number of H-pyrrole nitrogens is 1. The molecule has 2 heterocycles. The molecule has 1 aliphatic rings. The molecule has 1 saturated heterocycles. The normalized spacial score (nSPS) is 18.1. The number of methoxy groups -OCH3 is 1. The fourth-order valence-corrected chi connectivity index (χ4v) is 4.45. The number of esters is 2. The highest BCUT2D eigenvalue weighted by atomic mass is 31.2. The highest BCUT2D eigenvalue weighted by Crippen LogP contribution is 2.37. The maximum absolute atomic E-state index is 12.5. The van der Waals surface area contributed by atoms with Crippen LogP contribution in [0.3, 0.4) is 0 Å². The van der Waals surface area contributed by atoms with Crippen molar-refractivity contribution < 1.29 is 32.8 Å². The summed E-state index contributed by atoms with van der Waals surface area (Å²) in [6, 6.07) is 9.01. The largest absolute Gasteiger partial charge is 0.468 e. The van der Waals surface area contributed by atoms with Gasteiger partial charge in [0.2, 0.25) is 0 Å². The molecule has 13 heteroatoms. The minimum atomic E-state index is -1.69. The third-order valence-electron chi connectivity index (χ3n) is 5.19. The first-order valence-corrected chi connectivity index (χ1v) is 13.1. The zero-order valence-corrected chi connectivity index (χ0v) is 21.9. The molecule has 2 aromatic rings. The van der Waals surface area contributed by atoms with Crippen molar-refractivity contribution in [2.45, 2.75) is 32.1 Å². The number of rotatable bonds is 13. The van der Waals surface area contributed by atoms with Crippen molar-refractivity contribution in [1.29, 1.82) is 0 Å². The van der Waals surface area contributed by atoms with E-state index in [1.54, 1.807) is 19.1 Å². The van der Waals surface area contributed by atoms with Crippen molar-refractivity contribution in [1.82, 2.24) is 14.6 Å². The average molecular weight is 548 g/mol. The van der Waals surface area contributed by atoms with Gasteiger partial charge in [-0.3, -0.25) is 19.1 Å². The number of carbonyl (C=O) groups is 2. The number of hydrogen-bond donors (Lipinski definition) is 2. The van der Waals surface area contributed by atoms with Crippen LogP contribution in [0.1, 0.15) is 31.6 Å². The minimum Gasteiger partial charge on any atom is -0.468 e. The molecular weight excluding hydrogens is 517 g/mol. The smallest absolute Gasteiger partial charge is 0.330 e. The fraction of sp³-hybridized carbons (Fsp3) is 0.360. The van der Waals surface area contributed by atoms with Crippen LogP contribution in [0.5, 0.6) is 5.75 Å².